The molecule has 11 heteroatoms. The molecule has 1 saturated heterocycles. The number of carbonyl (C=O) groups excluding carboxylic acids is 1. The third kappa shape index (κ3) is 5.37. The van der Waals surface area contributed by atoms with E-state index in [1.54, 1.807) is 32.0 Å². The molecule has 2 aliphatic heterocycles. The fourth-order valence-electron chi connectivity index (χ4n) is 3.43. The number of amides is 1. The monoisotopic (exact) mass is 410 g/mol. The van der Waals surface area contributed by atoms with Crippen molar-refractivity contribution in [3.8, 4) is 5.75 Å². The topological polar surface area (TPSA) is 106 Å². The van der Waals surface area contributed by atoms with E-state index in [2.05, 4.69) is 4.85 Å². The molecule has 1 fully saturated rings. The first-order valence-corrected chi connectivity index (χ1v) is 9.29. The Bertz CT molecular complexity index is 807. The Morgan fingerprint density at radius 1 is 1.37 bits per heavy atom. The Labute approximate surface area is 202 Å². The maximum atomic E-state index is 12.3. The number of hydrogen-bond donors (Lipinski definition) is 0. The van der Waals surface area contributed by atoms with Gasteiger partial charge in [-0.3, -0.25) is 4.79 Å². The van der Waals surface area contributed by atoms with E-state index < -0.39 is 25.6 Å². The first kappa shape index (κ1) is 25.1. The number of hydrogen-bond acceptors (Lipinski definition) is 6. The molecule has 8 nitrogen and oxygen atoms in total. The molecule has 1 aromatic carbocycles. The van der Waals surface area contributed by atoms with Crippen molar-refractivity contribution in [1.82, 2.24) is 4.90 Å². The number of rotatable bonds is 3. The zero-order valence-electron chi connectivity index (χ0n) is 15.8. The summed E-state index contributed by atoms with van der Waals surface area (Å²) in [6, 6.07) is 3.93. The van der Waals surface area contributed by atoms with Crippen LogP contribution in [0, 0.1) is 6.57 Å². The molecule has 0 bridgehead atoms. The van der Waals surface area contributed by atoms with Crippen LogP contribution in [0.3, 0.4) is 0 Å². The van der Waals surface area contributed by atoms with Gasteiger partial charge in [-0.15, -0.1) is 0 Å². The maximum absolute atomic E-state index is 12.3. The third-order valence-electron chi connectivity index (χ3n) is 4.47. The van der Waals surface area contributed by atoms with Gasteiger partial charge in [-0.25, -0.2) is 4.85 Å². The quantitative estimate of drug-likeness (QED) is 0.282. The van der Waals surface area contributed by atoms with Crippen LogP contribution < -0.4 is 73.6 Å². The standard InChI is InChI=1S/C16H19N2O6P.2Na/c1-16(2)15(24-25(20,21)22)14(18-8-4-5-13(18)19)11-9-10(17-3)6-7-12(11)23-16;;/h6-7,9,14-15H,4-5,8H2,1-2H3,(H2,20,21,22);;/q;2*+1/p-2/t14-,15+;;/m1../s1. The molecule has 0 unspecified atom stereocenters. The summed E-state index contributed by atoms with van der Waals surface area (Å²) in [5, 5.41) is 0. The Hall–Kier alpha value is 0.0900. The first-order valence-electron chi connectivity index (χ1n) is 7.83. The van der Waals surface area contributed by atoms with Crippen LogP contribution in [-0.2, 0) is 13.9 Å². The number of nitrogens with zero attached hydrogens (tertiary/aromatic N) is 2. The maximum Gasteiger partial charge on any atom is 1.00 e. The molecule has 0 saturated carbocycles. The fourth-order valence-corrected chi connectivity index (χ4v) is 4.08. The van der Waals surface area contributed by atoms with Crippen LogP contribution in [0.2, 0.25) is 0 Å². The van der Waals surface area contributed by atoms with Crippen molar-refractivity contribution >= 4 is 19.4 Å². The number of likely N-dealkylation sites (tertiary alicyclic amines) is 1. The van der Waals surface area contributed by atoms with Crippen molar-refractivity contribution in [3.63, 3.8) is 0 Å². The predicted octanol–water partition coefficient (Wildman–Crippen LogP) is -4.71. The molecule has 134 valence electrons. The number of phosphoric ester groups is 1. The van der Waals surface area contributed by atoms with Gasteiger partial charge in [0.1, 0.15) is 17.5 Å². The van der Waals surface area contributed by atoms with Crippen molar-refractivity contribution in [2.45, 2.75) is 44.4 Å². The van der Waals surface area contributed by atoms with Crippen LogP contribution in [0.15, 0.2) is 18.2 Å². The fraction of sp³-hybridized carbons (Fsp3) is 0.500. The summed E-state index contributed by atoms with van der Waals surface area (Å²) in [5.41, 5.74) is -0.364. The van der Waals surface area contributed by atoms with E-state index in [0.717, 1.165) is 0 Å². The van der Waals surface area contributed by atoms with Crippen LogP contribution in [0.4, 0.5) is 5.69 Å². The zero-order valence-corrected chi connectivity index (χ0v) is 20.7. The van der Waals surface area contributed by atoms with Gasteiger partial charge in [-0.2, -0.15) is 0 Å². The largest absolute Gasteiger partial charge is 1.00 e. The summed E-state index contributed by atoms with van der Waals surface area (Å²) in [4.78, 5) is 39.8. The Morgan fingerprint density at radius 2 is 2.04 bits per heavy atom. The van der Waals surface area contributed by atoms with Crippen LogP contribution in [0.1, 0.15) is 38.3 Å². The van der Waals surface area contributed by atoms with Gasteiger partial charge in [0.05, 0.1) is 20.4 Å². The molecule has 0 radical (unpaired) electrons. The van der Waals surface area contributed by atoms with Gasteiger partial charge in [0.25, 0.3) is 0 Å². The number of fused-ring (bicyclic) bond motifs is 1. The van der Waals surface area contributed by atoms with Gasteiger partial charge in [-0.1, -0.05) is 6.07 Å². The summed E-state index contributed by atoms with van der Waals surface area (Å²) < 4.78 is 22.0. The molecule has 0 spiro atoms. The molecule has 1 aromatic rings. The molecular formula is C16H17N2Na2O6P. The summed E-state index contributed by atoms with van der Waals surface area (Å²) in [6.45, 7) is 10.8. The summed E-state index contributed by atoms with van der Waals surface area (Å²) in [7, 11) is -5.32. The first-order chi connectivity index (χ1) is 11.6. The van der Waals surface area contributed by atoms with Gasteiger partial charge >= 0.3 is 59.1 Å². The summed E-state index contributed by atoms with van der Waals surface area (Å²) in [5.74, 6) is 0.288. The van der Waals surface area contributed by atoms with E-state index in [9.17, 15) is 19.1 Å². The van der Waals surface area contributed by atoms with E-state index in [1.165, 1.54) is 4.90 Å². The Balaban J connectivity index is 0.00000182. The van der Waals surface area contributed by atoms with Crippen LogP contribution in [-0.4, -0.2) is 29.1 Å². The number of phosphoric acid groups is 1. The molecule has 2 atom stereocenters. The van der Waals surface area contributed by atoms with E-state index in [1.807, 2.05) is 0 Å². The molecule has 3 rings (SSSR count). The molecular weight excluding hydrogens is 393 g/mol. The van der Waals surface area contributed by atoms with Gasteiger partial charge in [0, 0.05) is 18.5 Å². The predicted molar refractivity (Wildman–Crippen MR) is 83.6 cm³/mol. The van der Waals surface area contributed by atoms with Gasteiger partial charge in [0.2, 0.25) is 5.91 Å². The van der Waals surface area contributed by atoms with Gasteiger partial charge in [0.15, 0.2) is 5.69 Å². The average molecular weight is 410 g/mol. The zero-order chi connectivity index (χ0) is 18.4. The molecule has 2 heterocycles. The molecule has 0 aromatic heterocycles. The summed E-state index contributed by atoms with van der Waals surface area (Å²) >= 11 is 0. The molecule has 27 heavy (non-hydrogen) atoms. The van der Waals surface area contributed by atoms with E-state index in [-0.39, 0.29) is 65.0 Å². The minimum absolute atomic E-state index is 0. The summed E-state index contributed by atoms with van der Waals surface area (Å²) in [6.07, 6.45) is -0.230. The molecule has 0 aliphatic carbocycles. The van der Waals surface area contributed by atoms with Gasteiger partial charge < -0.3 is 28.5 Å². The van der Waals surface area contributed by atoms with E-state index in [4.69, 9.17) is 15.8 Å². The van der Waals surface area contributed by atoms with Crippen molar-refractivity contribution in [3.05, 3.63) is 35.2 Å². The second kappa shape index (κ2) is 9.27. The average Bonchev–Trinajstić information content (AvgIpc) is 2.92. The third-order valence-corrected chi connectivity index (χ3v) is 4.96. The second-order valence-corrected chi connectivity index (χ2v) is 7.75. The SMILES string of the molecule is [C-]#[N+]c1ccc2c(c1)[C@@H](N1CCCC1=O)[C@H](OP(=O)([O-])[O-])C(C)(C)O2.[Na+].[Na+]. The van der Waals surface area contributed by atoms with Crippen molar-refractivity contribution in [2.24, 2.45) is 0 Å². The van der Waals surface area contributed by atoms with E-state index >= 15 is 0 Å². The Kier molecular flexibility index (Phi) is 8.63. The van der Waals surface area contributed by atoms with Crippen LogP contribution >= 0.6 is 7.82 Å². The van der Waals surface area contributed by atoms with Crippen molar-refractivity contribution in [2.75, 3.05) is 6.54 Å². The number of ether oxygens (including phenoxy) is 1. The molecule has 0 N–H and O–H groups in total. The normalized spacial score (nSPS) is 23.4. The second-order valence-electron chi connectivity index (χ2n) is 6.65. The minimum Gasteiger partial charge on any atom is -0.790 e. The minimum atomic E-state index is -5.32. The molecule has 2 aliphatic rings. The number of carbonyl (C=O) groups is 1. The smallest absolute Gasteiger partial charge is 0.790 e. The van der Waals surface area contributed by atoms with E-state index in [0.29, 0.717) is 36.4 Å². The molecule has 1 amide bonds. The number of benzene rings is 1. The van der Waals surface area contributed by atoms with Crippen LogP contribution in [0.5, 0.6) is 5.75 Å². The van der Waals surface area contributed by atoms with Crippen LogP contribution in [0.25, 0.3) is 4.85 Å². The van der Waals surface area contributed by atoms with Crippen molar-refractivity contribution < 1.29 is 87.5 Å². The van der Waals surface area contributed by atoms with Gasteiger partial charge in [-0.05, 0) is 32.4 Å². The van der Waals surface area contributed by atoms with Crippen molar-refractivity contribution in [1.29, 1.82) is 0 Å². The Morgan fingerprint density at radius 3 is 2.56 bits per heavy atom.